The maximum atomic E-state index is 11.8. The first-order valence-corrected chi connectivity index (χ1v) is 6.09. The summed E-state index contributed by atoms with van der Waals surface area (Å²) in [5, 5.41) is 14.0. The summed E-state index contributed by atoms with van der Waals surface area (Å²) in [5.74, 6) is -1.46. The summed E-state index contributed by atoms with van der Waals surface area (Å²) >= 11 is 1.26. The van der Waals surface area contributed by atoms with Crippen LogP contribution in [0.15, 0.2) is 0 Å². The van der Waals surface area contributed by atoms with E-state index in [-0.39, 0.29) is 11.5 Å². The predicted octanol–water partition coefficient (Wildman–Crippen LogP) is 1.71. The second-order valence-corrected chi connectivity index (χ2v) is 6.20. The number of carboxylic acid groups (broad SMARTS) is 1. The van der Waals surface area contributed by atoms with Crippen LogP contribution in [0.4, 0.5) is 5.00 Å². The summed E-state index contributed by atoms with van der Waals surface area (Å²) in [6, 6.07) is 0. The minimum atomic E-state index is -1.25. The number of amides is 1. The molecule has 1 aromatic heterocycles. The van der Waals surface area contributed by atoms with Crippen molar-refractivity contribution in [1.82, 2.24) is 0 Å². The fourth-order valence-corrected chi connectivity index (χ4v) is 2.29. The fourth-order valence-electron chi connectivity index (χ4n) is 1.25. The molecule has 0 unspecified atom stereocenters. The van der Waals surface area contributed by atoms with E-state index in [2.05, 4.69) is 5.32 Å². The number of rotatable bonds is 2. The van der Waals surface area contributed by atoms with Crippen LogP contribution in [0.25, 0.3) is 0 Å². The van der Waals surface area contributed by atoms with Crippen LogP contribution < -0.4 is 10.4 Å². The van der Waals surface area contributed by atoms with Crippen molar-refractivity contribution < 1.29 is 14.7 Å². The van der Waals surface area contributed by atoms with Crippen LogP contribution in [-0.2, 0) is 4.79 Å². The van der Waals surface area contributed by atoms with Gasteiger partial charge in [-0.05, 0) is 19.4 Å². The van der Waals surface area contributed by atoms with Gasteiger partial charge in [-0.15, -0.1) is 11.3 Å². The normalized spacial score (nSPS) is 11.4. The highest BCUT2D eigenvalue weighted by molar-refractivity contribution is 7.16. The number of carbonyl (C=O) groups is 2. The standard InChI is InChI=1S/C12H17NO3S/c1-6-7(2)17-9(8(6)10(14)15)13-11(16)12(3,4)5/h1-5H3,(H,13,16)(H,14,15)/p-1. The maximum Gasteiger partial charge on any atom is 0.230 e. The topological polar surface area (TPSA) is 69.2 Å². The van der Waals surface area contributed by atoms with Crippen LogP contribution >= 0.6 is 11.3 Å². The zero-order chi connectivity index (χ0) is 13.4. The first-order valence-electron chi connectivity index (χ1n) is 5.27. The molecule has 0 aromatic carbocycles. The predicted molar refractivity (Wildman–Crippen MR) is 66.2 cm³/mol. The molecule has 1 N–H and O–H groups in total. The summed E-state index contributed by atoms with van der Waals surface area (Å²) in [7, 11) is 0. The Morgan fingerprint density at radius 3 is 2.18 bits per heavy atom. The molecular weight excluding hydrogens is 238 g/mol. The fraction of sp³-hybridized carbons (Fsp3) is 0.500. The minimum absolute atomic E-state index is 0.0881. The third kappa shape index (κ3) is 2.85. The van der Waals surface area contributed by atoms with E-state index >= 15 is 0 Å². The number of aryl methyl sites for hydroxylation is 1. The molecule has 0 aliphatic rings. The highest BCUT2D eigenvalue weighted by atomic mass is 32.1. The maximum absolute atomic E-state index is 11.8. The summed E-state index contributed by atoms with van der Waals surface area (Å²) in [6.45, 7) is 8.85. The lowest BCUT2D eigenvalue weighted by molar-refractivity contribution is -0.254. The molecular formula is C12H16NO3S-. The van der Waals surface area contributed by atoms with Crippen LogP contribution in [0.2, 0.25) is 0 Å². The van der Waals surface area contributed by atoms with Crippen molar-refractivity contribution in [2.75, 3.05) is 5.32 Å². The third-order valence-corrected chi connectivity index (χ3v) is 3.62. The summed E-state index contributed by atoms with van der Waals surface area (Å²) < 4.78 is 0. The average Bonchev–Trinajstić information content (AvgIpc) is 2.40. The average molecular weight is 254 g/mol. The van der Waals surface area contributed by atoms with Crippen LogP contribution in [0.3, 0.4) is 0 Å². The van der Waals surface area contributed by atoms with Crippen LogP contribution in [0, 0.1) is 19.3 Å². The number of hydrogen-bond donors (Lipinski definition) is 1. The smallest absolute Gasteiger partial charge is 0.230 e. The van der Waals surface area contributed by atoms with Crippen LogP contribution in [0.5, 0.6) is 0 Å². The second-order valence-electron chi connectivity index (χ2n) is 4.98. The first kappa shape index (κ1) is 13.7. The highest BCUT2D eigenvalue weighted by Gasteiger charge is 2.24. The van der Waals surface area contributed by atoms with E-state index in [1.54, 1.807) is 27.7 Å². The Bertz CT molecular complexity index is 469. The number of hydrogen-bond acceptors (Lipinski definition) is 4. The van der Waals surface area contributed by atoms with E-state index < -0.39 is 11.4 Å². The molecule has 1 amide bonds. The summed E-state index contributed by atoms with van der Waals surface area (Å²) in [5.41, 5.74) is 0.180. The lowest BCUT2D eigenvalue weighted by atomic mass is 9.96. The van der Waals surface area contributed by atoms with Gasteiger partial charge in [0.25, 0.3) is 0 Å². The molecule has 0 atom stereocenters. The SMILES string of the molecule is Cc1sc(NC(=O)C(C)(C)C)c(C(=O)[O-])c1C. The molecule has 0 spiro atoms. The van der Waals surface area contributed by atoms with E-state index in [4.69, 9.17) is 0 Å². The van der Waals surface area contributed by atoms with Crippen molar-refractivity contribution in [3.8, 4) is 0 Å². The van der Waals surface area contributed by atoms with Gasteiger partial charge in [-0.3, -0.25) is 4.79 Å². The van der Waals surface area contributed by atoms with Gasteiger partial charge in [0.15, 0.2) is 0 Å². The van der Waals surface area contributed by atoms with E-state index in [0.717, 1.165) is 4.88 Å². The Morgan fingerprint density at radius 2 is 1.76 bits per heavy atom. The van der Waals surface area contributed by atoms with Crippen LogP contribution in [0.1, 0.15) is 41.6 Å². The number of aromatic carboxylic acids is 1. The molecule has 1 heterocycles. The van der Waals surface area contributed by atoms with Crippen molar-refractivity contribution in [3.63, 3.8) is 0 Å². The van der Waals surface area contributed by atoms with Crippen molar-refractivity contribution in [2.45, 2.75) is 34.6 Å². The van der Waals surface area contributed by atoms with Crippen molar-refractivity contribution in [2.24, 2.45) is 5.41 Å². The van der Waals surface area contributed by atoms with Gasteiger partial charge < -0.3 is 15.2 Å². The number of carboxylic acids is 1. The molecule has 0 fully saturated rings. The molecule has 0 radical (unpaired) electrons. The molecule has 1 aromatic rings. The lowest BCUT2D eigenvalue weighted by Gasteiger charge is -2.18. The summed E-state index contributed by atoms with van der Waals surface area (Å²) in [6.07, 6.45) is 0. The van der Waals surface area contributed by atoms with Gasteiger partial charge >= 0.3 is 0 Å². The van der Waals surface area contributed by atoms with E-state index in [0.29, 0.717) is 10.6 Å². The Labute approximate surface area is 105 Å². The number of carbonyl (C=O) groups excluding carboxylic acids is 2. The van der Waals surface area contributed by atoms with E-state index in [1.807, 2.05) is 6.92 Å². The second kappa shape index (κ2) is 4.49. The zero-order valence-electron chi connectivity index (χ0n) is 10.6. The zero-order valence-corrected chi connectivity index (χ0v) is 11.4. The van der Waals surface area contributed by atoms with Gasteiger partial charge in [0.2, 0.25) is 5.91 Å². The molecule has 0 saturated carbocycles. The third-order valence-electron chi connectivity index (χ3n) is 2.50. The quantitative estimate of drug-likeness (QED) is 0.873. The van der Waals surface area contributed by atoms with Gasteiger partial charge in [-0.1, -0.05) is 20.8 Å². The van der Waals surface area contributed by atoms with E-state index in [1.165, 1.54) is 11.3 Å². The molecule has 0 saturated heterocycles. The Morgan fingerprint density at radius 1 is 1.24 bits per heavy atom. The van der Waals surface area contributed by atoms with Crippen molar-refractivity contribution in [3.05, 3.63) is 16.0 Å². The van der Waals surface area contributed by atoms with Crippen molar-refractivity contribution >= 4 is 28.2 Å². The number of anilines is 1. The molecule has 17 heavy (non-hydrogen) atoms. The number of nitrogens with one attached hydrogen (secondary N) is 1. The van der Waals surface area contributed by atoms with Gasteiger partial charge in [0, 0.05) is 15.9 Å². The molecule has 1 rings (SSSR count). The minimum Gasteiger partial charge on any atom is -0.545 e. The largest absolute Gasteiger partial charge is 0.545 e. The summed E-state index contributed by atoms with van der Waals surface area (Å²) in [4.78, 5) is 23.7. The van der Waals surface area contributed by atoms with Crippen molar-refractivity contribution in [1.29, 1.82) is 0 Å². The highest BCUT2D eigenvalue weighted by Crippen LogP contribution is 2.33. The molecule has 0 aliphatic carbocycles. The molecule has 94 valence electrons. The molecule has 4 nitrogen and oxygen atoms in total. The van der Waals surface area contributed by atoms with Gasteiger partial charge in [-0.2, -0.15) is 0 Å². The van der Waals surface area contributed by atoms with Gasteiger partial charge in [0.1, 0.15) is 5.00 Å². The van der Waals surface area contributed by atoms with Crippen LogP contribution in [-0.4, -0.2) is 11.9 Å². The molecule has 5 heteroatoms. The molecule has 0 aliphatic heterocycles. The van der Waals surface area contributed by atoms with E-state index in [9.17, 15) is 14.7 Å². The monoisotopic (exact) mass is 254 g/mol. The Hall–Kier alpha value is -1.36. The Kier molecular flexibility index (Phi) is 3.62. The van der Waals surface area contributed by atoms with Gasteiger partial charge in [0.05, 0.1) is 5.97 Å². The van der Waals surface area contributed by atoms with Gasteiger partial charge in [-0.25, -0.2) is 0 Å². The molecule has 0 bridgehead atoms. The lowest BCUT2D eigenvalue weighted by Crippen LogP contribution is -2.29. The first-order chi connectivity index (χ1) is 7.64. The number of thiophene rings is 1. The Balaban J connectivity index is 3.12.